The predicted octanol–water partition coefficient (Wildman–Crippen LogP) is 3.97. The molecule has 6 rings (SSSR count). The highest BCUT2D eigenvalue weighted by molar-refractivity contribution is 7.90. The monoisotopic (exact) mass is 792 g/mol. The molecule has 0 spiro atoms. The van der Waals surface area contributed by atoms with Crippen molar-refractivity contribution >= 4 is 45.6 Å². The number of nitrogens with one attached hydrogen (secondary N) is 3. The van der Waals surface area contributed by atoms with Crippen LogP contribution in [0.4, 0.5) is 15.3 Å². The van der Waals surface area contributed by atoms with Crippen molar-refractivity contribution in [3.63, 3.8) is 0 Å². The minimum Gasteiger partial charge on any atom is -0.444 e. The first-order valence-electron chi connectivity index (χ1n) is 19.1. The number of ether oxygens (including phenoxy) is 2. The van der Waals surface area contributed by atoms with Gasteiger partial charge in [-0.3, -0.25) is 19.3 Å². The molecule has 0 radical (unpaired) electrons. The number of anilines is 1. The van der Waals surface area contributed by atoms with Gasteiger partial charge >= 0.3 is 12.2 Å². The number of carbonyl (C=O) groups is 5. The molecule has 1 saturated heterocycles. The molecule has 16 heteroatoms. The molecule has 0 unspecified atom stereocenters. The Labute approximate surface area is 328 Å². The normalized spacial score (nSPS) is 25.4. The third-order valence-corrected chi connectivity index (χ3v) is 11.9. The molecule has 1 aliphatic carbocycles. The first kappa shape index (κ1) is 40.5. The zero-order valence-electron chi connectivity index (χ0n) is 32.6. The van der Waals surface area contributed by atoms with Crippen molar-refractivity contribution in [1.82, 2.24) is 25.2 Å². The lowest BCUT2D eigenvalue weighted by Crippen LogP contribution is -2.58. The number of hydrogen-bond donors (Lipinski definition) is 3. The molecule has 0 aromatic heterocycles. The van der Waals surface area contributed by atoms with Gasteiger partial charge in [-0.1, -0.05) is 49.3 Å². The number of rotatable bonds is 6. The van der Waals surface area contributed by atoms with E-state index < -0.39 is 75.2 Å². The van der Waals surface area contributed by atoms with Crippen molar-refractivity contribution < 1.29 is 41.9 Å². The van der Waals surface area contributed by atoms with E-state index >= 15 is 0 Å². The molecule has 2 fully saturated rings. The molecular formula is C40H52N6O9S. The van der Waals surface area contributed by atoms with E-state index in [0.717, 1.165) is 29.7 Å². The molecule has 2 aromatic rings. The van der Waals surface area contributed by atoms with Crippen LogP contribution >= 0.6 is 0 Å². The fraction of sp³-hybridized carbons (Fsp3) is 0.525. The molecule has 3 N–H and O–H groups in total. The average Bonchev–Trinajstić information content (AvgIpc) is 3.42. The number of allylic oxidation sites excluding steroid dienone is 1. The first-order chi connectivity index (χ1) is 26.5. The number of carbonyl (C=O) groups excluding carboxylic acids is 5. The van der Waals surface area contributed by atoms with Gasteiger partial charge < -0.3 is 29.9 Å². The van der Waals surface area contributed by atoms with E-state index in [0.29, 0.717) is 25.9 Å². The van der Waals surface area contributed by atoms with Gasteiger partial charge in [-0.05, 0) is 81.8 Å². The van der Waals surface area contributed by atoms with Gasteiger partial charge in [-0.2, -0.15) is 0 Å². The molecule has 5 amide bonds. The first-order valence-corrected chi connectivity index (χ1v) is 20.6. The number of sulfonamides is 1. The summed E-state index contributed by atoms with van der Waals surface area (Å²) in [5.74, 6) is -2.69. The topological polar surface area (TPSA) is 184 Å². The molecule has 0 bridgehead atoms. The Morgan fingerprint density at radius 2 is 1.64 bits per heavy atom. The van der Waals surface area contributed by atoms with Crippen LogP contribution in [0.5, 0.6) is 0 Å². The SMILES string of the molecule is CN(C)c1ccc(S(=O)(=O)NC(=O)[C@@]23C[C@@H]2C=CCCCCC[C@H](NC(=O)OC(C)(C)C)C(=O)N2C[C@H](OC(=O)N4Cc5ccccc5C4)C[C@H]2C(=O)N3)cc1. The summed E-state index contributed by atoms with van der Waals surface area (Å²) >= 11 is 0. The van der Waals surface area contributed by atoms with E-state index in [4.69, 9.17) is 9.47 Å². The molecule has 302 valence electrons. The van der Waals surface area contributed by atoms with Crippen LogP contribution in [0.3, 0.4) is 0 Å². The van der Waals surface area contributed by atoms with E-state index in [9.17, 15) is 32.4 Å². The lowest BCUT2D eigenvalue weighted by Gasteiger charge is -2.30. The third-order valence-electron chi connectivity index (χ3n) is 10.6. The van der Waals surface area contributed by atoms with Gasteiger partial charge in [0, 0.05) is 45.2 Å². The summed E-state index contributed by atoms with van der Waals surface area (Å²) in [5, 5.41) is 5.53. The zero-order valence-corrected chi connectivity index (χ0v) is 33.4. The van der Waals surface area contributed by atoms with Crippen LogP contribution in [0.25, 0.3) is 0 Å². The number of alkyl carbamates (subject to hydrolysis) is 1. The van der Waals surface area contributed by atoms with Gasteiger partial charge in [0.2, 0.25) is 11.8 Å². The second kappa shape index (κ2) is 16.2. The molecule has 2 aromatic carbocycles. The number of benzene rings is 2. The quantitative estimate of drug-likeness (QED) is 0.362. The van der Waals surface area contributed by atoms with Crippen molar-refractivity contribution in [2.75, 3.05) is 25.5 Å². The summed E-state index contributed by atoms with van der Waals surface area (Å²) in [6.45, 7) is 5.69. The van der Waals surface area contributed by atoms with E-state index in [1.54, 1.807) is 37.8 Å². The largest absolute Gasteiger partial charge is 0.444 e. The molecule has 5 atom stereocenters. The average molecular weight is 793 g/mol. The Bertz CT molecular complexity index is 1950. The second-order valence-electron chi connectivity index (χ2n) is 16.2. The molecular weight excluding hydrogens is 741 g/mol. The van der Waals surface area contributed by atoms with Crippen molar-refractivity contribution in [3.8, 4) is 0 Å². The van der Waals surface area contributed by atoms with Crippen molar-refractivity contribution in [2.24, 2.45) is 5.92 Å². The standard InChI is InChI=1S/C40H52N6O9S/c1-39(2,3)55-37(50)41-32-16-10-8-6-7-9-15-28-22-40(28,36(49)43-56(52,53)31-19-17-29(18-20-31)44(4)5)42-34(47)33-21-30(25-46(33)35(32)48)54-38(51)45-23-26-13-11-12-14-27(26)24-45/h9,11-15,17-20,28,30,32-33H,6-8,10,16,21-25H2,1-5H3,(H,41,50)(H,42,47)(H,43,49)/t28-,30+,32-,33-,40+/m0/s1. The number of amides is 5. The highest BCUT2D eigenvalue weighted by atomic mass is 32.2. The summed E-state index contributed by atoms with van der Waals surface area (Å²) in [6.07, 6.45) is 4.49. The maximum absolute atomic E-state index is 14.4. The molecule has 1 saturated carbocycles. The zero-order chi connectivity index (χ0) is 40.4. The summed E-state index contributed by atoms with van der Waals surface area (Å²) in [4.78, 5) is 73.7. The van der Waals surface area contributed by atoms with Crippen LogP contribution in [0.15, 0.2) is 65.6 Å². The number of fused-ring (bicyclic) bond motifs is 3. The molecule has 3 heterocycles. The van der Waals surface area contributed by atoms with Crippen LogP contribution < -0.4 is 20.3 Å². The van der Waals surface area contributed by atoms with E-state index in [-0.39, 0.29) is 30.7 Å². The summed E-state index contributed by atoms with van der Waals surface area (Å²) in [7, 11) is -0.691. The van der Waals surface area contributed by atoms with Crippen LogP contribution in [-0.4, -0.2) is 98.1 Å². The number of hydrogen-bond acceptors (Lipinski definition) is 10. The van der Waals surface area contributed by atoms with Crippen LogP contribution in [0.1, 0.15) is 76.8 Å². The predicted molar refractivity (Wildman–Crippen MR) is 207 cm³/mol. The van der Waals surface area contributed by atoms with Crippen molar-refractivity contribution in [1.29, 1.82) is 0 Å². The van der Waals surface area contributed by atoms with Crippen LogP contribution in [-0.2, 0) is 47.0 Å². The lowest BCUT2D eigenvalue weighted by molar-refractivity contribution is -0.141. The fourth-order valence-corrected chi connectivity index (χ4v) is 8.53. The Balaban J connectivity index is 1.26. The lowest BCUT2D eigenvalue weighted by atomic mass is 10.0. The highest BCUT2D eigenvalue weighted by Crippen LogP contribution is 2.46. The number of nitrogens with zero attached hydrogens (tertiary/aromatic N) is 3. The Hall–Kier alpha value is -5.12. The minimum absolute atomic E-state index is 0.0853. The van der Waals surface area contributed by atoms with E-state index in [1.165, 1.54) is 17.0 Å². The van der Waals surface area contributed by atoms with Gasteiger partial charge in [-0.25, -0.2) is 22.7 Å². The minimum atomic E-state index is -4.33. The Morgan fingerprint density at radius 3 is 2.29 bits per heavy atom. The molecule has 3 aliphatic heterocycles. The van der Waals surface area contributed by atoms with Crippen LogP contribution in [0, 0.1) is 5.92 Å². The van der Waals surface area contributed by atoms with Gasteiger partial charge in [0.15, 0.2) is 0 Å². The van der Waals surface area contributed by atoms with Crippen molar-refractivity contribution in [2.45, 2.75) is 113 Å². The van der Waals surface area contributed by atoms with E-state index in [1.807, 2.05) is 55.4 Å². The van der Waals surface area contributed by atoms with E-state index in [2.05, 4.69) is 15.4 Å². The Kier molecular flexibility index (Phi) is 11.7. The maximum Gasteiger partial charge on any atom is 0.410 e. The smallest absolute Gasteiger partial charge is 0.410 e. The molecule has 15 nitrogen and oxygen atoms in total. The second-order valence-corrected chi connectivity index (χ2v) is 17.9. The summed E-state index contributed by atoms with van der Waals surface area (Å²) in [6, 6.07) is 11.4. The van der Waals surface area contributed by atoms with Gasteiger partial charge in [-0.15, -0.1) is 0 Å². The van der Waals surface area contributed by atoms with Gasteiger partial charge in [0.25, 0.3) is 15.9 Å². The van der Waals surface area contributed by atoms with Crippen molar-refractivity contribution in [3.05, 3.63) is 71.8 Å². The Morgan fingerprint density at radius 1 is 0.964 bits per heavy atom. The van der Waals surface area contributed by atoms with Crippen LogP contribution in [0.2, 0.25) is 0 Å². The summed E-state index contributed by atoms with van der Waals surface area (Å²) in [5.41, 5.74) is 0.312. The third kappa shape index (κ3) is 9.28. The molecule has 4 aliphatic rings. The highest BCUT2D eigenvalue weighted by Gasteiger charge is 2.61. The maximum atomic E-state index is 14.4. The van der Waals surface area contributed by atoms with Gasteiger partial charge in [0.1, 0.15) is 29.3 Å². The summed E-state index contributed by atoms with van der Waals surface area (Å²) < 4.78 is 40.5. The molecule has 56 heavy (non-hydrogen) atoms. The fourth-order valence-electron chi connectivity index (χ4n) is 7.49. The van der Waals surface area contributed by atoms with Gasteiger partial charge in [0.05, 0.1) is 11.4 Å².